The highest BCUT2D eigenvalue weighted by Crippen LogP contribution is 2.29. The quantitative estimate of drug-likeness (QED) is 0.393. The van der Waals surface area contributed by atoms with Crippen molar-refractivity contribution in [3.63, 3.8) is 0 Å². The zero-order valence-electron chi connectivity index (χ0n) is 16.9. The molecule has 5 N–H and O–H groups in total. The van der Waals surface area contributed by atoms with Crippen LogP contribution in [-0.4, -0.2) is 46.1 Å². The Kier molecular flexibility index (Phi) is 7.83. The van der Waals surface area contributed by atoms with E-state index in [1.807, 2.05) is 44.2 Å². The smallest absolute Gasteiger partial charge is 0.404 e. The Morgan fingerprint density at radius 2 is 1.93 bits per heavy atom. The average molecular weight is 392 g/mol. The van der Waals surface area contributed by atoms with Crippen LogP contribution in [0.3, 0.4) is 0 Å². The summed E-state index contributed by atoms with van der Waals surface area (Å²) >= 11 is 0. The maximum Gasteiger partial charge on any atom is 0.404 e. The van der Waals surface area contributed by atoms with Crippen molar-refractivity contribution in [3.8, 4) is 0 Å². The van der Waals surface area contributed by atoms with Gasteiger partial charge in [0.1, 0.15) is 11.6 Å². The van der Waals surface area contributed by atoms with Gasteiger partial charge in [-0.05, 0) is 24.3 Å². The Hall–Kier alpha value is -2.12. The topological polar surface area (TPSA) is 111 Å². The van der Waals surface area contributed by atoms with Crippen LogP contribution in [-0.2, 0) is 11.2 Å². The number of aliphatic hydroxyl groups is 1. The number of carbonyl (C=O) groups excluding carboxylic acids is 1. The van der Waals surface area contributed by atoms with Gasteiger partial charge in [0.05, 0.1) is 12.2 Å². The molecule has 1 aliphatic heterocycles. The molecule has 2 amide bonds. The number of aliphatic hydroxyl groups excluding tert-OH is 1. The van der Waals surface area contributed by atoms with Crippen molar-refractivity contribution in [1.29, 1.82) is 0 Å². The first kappa shape index (κ1) is 22.2. The second-order valence-electron chi connectivity index (χ2n) is 7.96. The number of carboxylic acid groups (broad SMARTS) is 1. The van der Waals surface area contributed by atoms with Gasteiger partial charge in [-0.25, -0.2) is 4.79 Å². The van der Waals surface area contributed by atoms with Gasteiger partial charge in [0.2, 0.25) is 5.91 Å². The number of unbranched alkanes of at least 4 members (excludes halogenated alkanes) is 2. The van der Waals surface area contributed by atoms with E-state index < -0.39 is 23.8 Å². The van der Waals surface area contributed by atoms with Gasteiger partial charge in [0.15, 0.2) is 0 Å². The molecule has 4 atom stereocenters. The van der Waals surface area contributed by atoms with Crippen LogP contribution in [0.15, 0.2) is 30.3 Å². The molecule has 1 saturated heterocycles. The molecular weight excluding hydrogens is 358 g/mol. The molecule has 0 bridgehead atoms. The third-order valence-corrected chi connectivity index (χ3v) is 5.44. The molecule has 1 aromatic carbocycles. The van der Waals surface area contributed by atoms with Crippen LogP contribution in [0.1, 0.15) is 52.0 Å². The maximum atomic E-state index is 13.0. The van der Waals surface area contributed by atoms with Gasteiger partial charge in [-0.2, -0.15) is 0 Å². The molecule has 1 aromatic rings. The fraction of sp³-hybridized carbons (Fsp3) is 0.619. The Morgan fingerprint density at radius 1 is 1.25 bits per heavy atom. The summed E-state index contributed by atoms with van der Waals surface area (Å²) in [7, 11) is 0. The first-order valence-corrected chi connectivity index (χ1v) is 10.1. The molecular formula is C21H33N3O4. The highest BCUT2D eigenvalue weighted by molar-refractivity contribution is 5.89. The Bertz CT molecular complexity index is 652. The third-order valence-electron chi connectivity index (χ3n) is 5.44. The minimum absolute atomic E-state index is 0.143. The van der Waals surface area contributed by atoms with Crippen LogP contribution in [0.4, 0.5) is 4.79 Å². The van der Waals surface area contributed by atoms with E-state index in [4.69, 9.17) is 0 Å². The summed E-state index contributed by atoms with van der Waals surface area (Å²) in [5, 5.41) is 29.3. The lowest BCUT2D eigenvalue weighted by Gasteiger charge is -2.37. The van der Waals surface area contributed by atoms with Crippen molar-refractivity contribution in [2.24, 2.45) is 5.92 Å². The molecule has 0 aliphatic carbocycles. The third kappa shape index (κ3) is 5.23. The lowest BCUT2D eigenvalue weighted by Crippen LogP contribution is -2.64. The SMILES string of the molecule is CCCCC[C@@]1([C@H](O)C(Cc2ccccc2)NC(=O)O)NC(C(C)C)NC1=O. The van der Waals surface area contributed by atoms with E-state index in [2.05, 4.69) is 22.9 Å². The van der Waals surface area contributed by atoms with Crippen LogP contribution in [0.25, 0.3) is 0 Å². The molecule has 156 valence electrons. The molecule has 2 unspecified atom stereocenters. The van der Waals surface area contributed by atoms with Gasteiger partial charge in [-0.15, -0.1) is 0 Å². The largest absolute Gasteiger partial charge is 0.465 e. The molecule has 1 heterocycles. The number of carbonyl (C=O) groups is 2. The fourth-order valence-corrected chi connectivity index (χ4v) is 3.80. The first-order chi connectivity index (χ1) is 13.3. The molecule has 28 heavy (non-hydrogen) atoms. The monoisotopic (exact) mass is 391 g/mol. The van der Waals surface area contributed by atoms with E-state index >= 15 is 0 Å². The normalized spacial score (nSPS) is 24.0. The van der Waals surface area contributed by atoms with E-state index in [-0.39, 0.29) is 18.0 Å². The molecule has 0 radical (unpaired) electrons. The second kappa shape index (κ2) is 9.89. The number of hydrogen-bond acceptors (Lipinski definition) is 4. The predicted molar refractivity (Wildman–Crippen MR) is 108 cm³/mol. The summed E-state index contributed by atoms with van der Waals surface area (Å²) in [6.07, 6.45) is 0.754. The van der Waals surface area contributed by atoms with Crippen LogP contribution in [0.5, 0.6) is 0 Å². The molecule has 0 aromatic heterocycles. The Balaban J connectivity index is 2.31. The standard InChI is InChI=1S/C21H33N3O4/c1-4-5-9-12-21(19(26)23-18(24-21)14(2)3)17(25)16(22-20(27)28)13-15-10-7-6-8-11-15/h6-8,10-11,14,16-18,22,24-25H,4-5,9,12-13H2,1-3H3,(H,23,26)(H,27,28)/t16?,17-,18?,21+/m1/s1. The van der Waals surface area contributed by atoms with Crippen molar-refractivity contribution in [3.05, 3.63) is 35.9 Å². The number of hydrogen-bond donors (Lipinski definition) is 5. The fourth-order valence-electron chi connectivity index (χ4n) is 3.80. The van der Waals surface area contributed by atoms with Gasteiger partial charge in [-0.3, -0.25) is 10.1 Å². The molecule has 0 saturated carbocycles. The van der Waals surface area contributed by atoms with E-state index in [1.165, 1.54) is 0 Å². The first-order valence-electron chi connectivity index (χ1n) is 10.1. The van der Waals surface area contributed by atoms with Gasteiger partial charge < -0.3 is 20.8 Å². The number of nitrogens with one attached hydrogen (secondary N) is 3. The van der Waals surface area contributed by atoms with Gasteiger partial charge in [0, 0.05) is 0 Å². The summed E-state index contributed by atoms with van der Waals surface area (Å²) in [4.78, 5) is 24.4. The van der Waals surface area contributed by atoms with Crippen LogP contribution in [0, 0.1) is 5.92 Å². The molecule has 2 rings (SSSR count). The molecule has 0 spiro atoms. The van der Waals surface area contributed by atoms with E-state index in [0.29, 0.717) is 12.8 Å². The van der Waals surface area contributed by atoms with Gasteiger partial charge in [0.25, 0.3) is 0 Å². The molecule has 7 nitrogen and oxygen atoms in total. The zero-order valence-corrected chi connectivity index (χ0v) is 16.9. The summed E-state index contributed by atoms with van der Waals surface area (Å²) in [5.74, 6) is -0.121. The highest BCUT2D eigenvalue weighted by atomic mass is 16.4. The summed E-state index contributed by atoms with van der Waals surface area (Å²) in [6, 6.07) is 8.56. The lowest BCUT2D eigenvalue weighted by atomic mass is 9.81. The number of rotatable bonds is 10. The molecule has 7 heteroatoms. The van der Waals surface area contributed by atoms with Crippen LogP contribution < -0.4 is 16.0 Å². The average Bonchev–Trinajstić information content (AvgIpc) is 2.99. The minimum Gasteiger partial charge on any atom is -0.465 e. The van der Waals surface area contributed by atoms with E-state index in [0.717, 1.165) is 24.8 Å². The minimum atomic E-state index is -1.22. The molecule has 1 aliphatic rings. The summed E-state index contributed by atoms with van der Waals surface area (Å²) in [6.45, 7) is 6.05. The highest BCUT2D eigenvalue weighted by Gasteiger charge is 2.53. The number of benzene rings is 1. The lowest BCUT2D eigenvalue weighted by molar-refractivity contribution is -0.129. The van der Waals surface area contributed by atoms with Crippen LogP contribution >= 0.6 is 0 Å². The van der Waals surface area contributed by atoms with Crippen molar-refractivity contribution in [2.75, 3.05) is 0 Å². The summed E-state index contributed by atoms with van der Waals surface area (Å²) in [5.41, 5.74) is -0.325. The van der Waals surface area contributed by atoms with Gasteiger partial charge in [-0.1, -0.05) is 70.4 Å². The molecule has 1 fully saturated rings. The second-order valence-corrected chi connectivity index (χ2v) is 7.96. The Morgan fingerprint density at radius 3 is 2.46 bits per heavy atom. The summed E-state index contributed by atoms with van der Waals surface area (Å²) < 4.78 is 0. The van der Waals surface area contributed by atoms with E-state index in [9.17, 15) is 19.8 Å². The van der Waals surface area contributed by atoms with Gasteiger partial charge >= 0.3 is 6.09 Å². The number of amides is 2. The predicted octanol–water partition coefficient (Wildman–Crippen LogP) is 2.25. The zero-order chi connectivity index (χ0) is 20.7. The van der Waals surface area contributed by atoms with Crippen molar-refractivity contribution in [1.82, 2.24) is 16.0 Å². The maximum absolute atomic E-state index is 13.0. The Labute approximate surface area is 166 Å². The van der Waals surface area contributed by atoms with Crippen LogP contribution in [0.2, 0.25) is 0 Å². The van der Waals surface area contributed by atoms with Crippen molar-refractivity contribution >= 4 is 12.0 Å². The van der Waals surface area contributed by atoms with Crippen molar-refractivity contribution < 1.29 is 19.8 Å². The van der Waals surface area contributed by atoms with E-state index in [1.54, 1.807) is 0 Å². The van der Waals surface area contributed by atoms with Crippen molar-refractivity contribution in [2.45, 2.75) is 76.7 Å².